The van der Waals surface area contributed by atoms with Gasteiger partial charge in [0, 0.05) is 6.42 Å². The Hall–Kier alpha value is -1.05. The molecule has 23 heavy (non-hydrogen) atoms. The lowest BCUT2D eigenvalue weighted by molar-refractivity contribution is -0.137. The van der Waals surface area contributed by atoms with Crippen LogP contribution in [0.25, 0.3) is 0 Å². The van der Waals surface area contributed by atoms with Crippen LogP contribution in [0.4, 0.5) is 0 Å². The van der Waals surface area contributed by atoms with Gasteiger partial charge < -0.3 is 5.11 Å². The van der Waals surface area contributed by atoms with E-state index in [1.807, 2.05) is 0 Å². The molecule has 1 N–H and O–H groups in total. The van der Waals surface area contributed by atoms with Crippen LogP contribution in [0.1, 0.15) is 103 Å². The van der Waals surface area contributed by atoms with Crippen LogP contribution in [-0.2, 0) is 4.79 Å². The Labute approximate surface area is 144 Å². The van der Waals surface area contributed by atoms with Crippen molar-refractivity contribution in [1.29, 1.82) is 0 Å². The van der Waals surface area contributed by atoms with Crippen LogP contribution >= 0.6 is 0 Å². The lowest BCUT2D eigenvalue weighted by Gasteiger charge is -1.98. The number of unbranched alkanes of at least 4 members (excludes halogenated alkanes) is 12. The topological polar surface area (TPSA) is 37.3 Å². The van der Waals surface area contributed by atoms with Crippen LogP contribution in [0.3, 0.4) is 0 Å². The van der Waals surface area contributed by atoms with E-state index in [1.54, 1.807) is 0 Å². The van der Waals surface area contributed by atoms with E-state index in [0.717, 1.165) is 25.7 Å². The van der Waals surface area contributed by atoms with Gasteiger partial charge in [0.05, 0.1) is 0 Å². The molecule has 0 aromatic carbocycles. The van der Waals surface area contributed by atoms with Gasteiger partial charge in [0.15, 0.2) is 0 Å². The normalized spacial score (nSPS) is 11.7. The molecule has 0 aliphatic heterocycles. The maximum absolute atomic E-state index is 10.4. The molecule has 0 spiro atoms. The third-order valence-corrected chi connectivity index (χ3v) is 4.12. The third-order valence-electron chi connectivity index (χ3n) is 4.12. The highest BCUT2D eigenvalue weighted by molar-refractivity contribution is 5.66. The van der Waals surface area contributed by atoms with Crippen molar-refractivity contribution in [1.82, 2.24) is 0 Å². The number of carboxylic acids is 1. The highest BCUT2D eigenvalue weighted by Crippen LogP contribution is 2.09. The summed E-state index contributed by atoms with van der Waals surface area (Å²) in [6.45, 7) is 2.26. The first-order chi connectivity index (χ1) is 11.3. The second-order valence-corrected chi connectivity index (χ2v) is 6.47. The molecule has 0 saturated carbocycles. The van der Waals surface area contributed by atoms with Gasteiger partial charge in [0.2, 0.25) is 0 Å². The molecule has 0 aliphatic carbocycles. The molecular weight excluding hydrogens is 284 g/mol. The van der Waals surface area contributed by atoms with E-state index in [-0.39, 0.29) is 0 Å². The fourth-order valence-corrected chi connectivity index (χ4v) is 2.64. The summed E-state index contributed by atoms with van der Waals surface area (Å²) in [6, 6.07) is 0. The van der Waals surface area contributed by atoms with Gasteiger partial charge in [-0.1, -0.05) is 89.0 Å². The number of hydrogen-bond donors (Lipinski definition) is 1. The molecule has 0 aromatic heterocycles. The summed E-state index contributed by atoms with van der Waals surface area (Å²) in [5, 5.41) is 8.53. The molecule has 0 radical (unpaired) electrons. The summed E-state index contributed by atoms with van der Waals surface area (Å²) in [4.78, 5) is 10.4. The van der Waals surface area contributed by atoms with E-state index < -0.39 is 5.97 Å². The minimum atomic E-state index is -0.670. The Morgan fingerprint density at radius 3 is 1.61 bits per heavy atom. The average Bonchev–Trinajstić information content (AvgIpc) is 2.53. The smallest absolute Gasteiger partial charge is 0.303 e. The van der Waals surface area contributed by atoms with Gasteiger partial charge in [-0.2, -0.15) is 0 Å². The largest absolute Gasteiger partial charge is 0.481 e. The average molecular weight is 323 g/mol. The molecule has 0 atom stereocenters. The molecule has 0 bridgehead atoms. The van der Waals surface area contributed by atoms with Crippen molar-refractivity contribution in [2.45, 2.75) is 103 Å². The summed E-state index contributed by atoms with van der Waals surface area (Å²) in [7, 11) is 0. The second kappa shape index (κ2) is 19.0. The van der Waals surface area contributed by atoms with Gasteiger partial charge in [-0.05, 0) is 32.1 Å². The van der Waals surface area contributed by atoms with Crippen LogP contribution in [0.5, 0.6) is 0 Å². The zero-order valence-corrected chi connectivity index (χ0v) is 15.3. The Balaban J connectivity index is 3.19. The van der Waals surface area contributed by atoms with Gasteiger partial charge >= 0.3 is 5.97 Å². The van der Waals surface area contributed by atoms with Crippen molar-refractivity contribution in [2.24, 2.45) is 0 Å². The van der Waals surface area contributed by atoms with Gasteiger partial charge in [-0.3, -0.25) is 4.79 Å². The molecule has 134 valence electrons. The van der Waals surface area contributed by atoms with E-state index in [1.165, 1.54) is 64.2 Å². The summed E-state index contributed by atoms with van der Waals surface area (Å²) in [5.74, 6) is -0.670. The first kappa shape index (κ1) is 21.9. The monoisotopic (exact) mass is 322 g/mol. The van der Waals surface area contributed by atoms with Crippen LogP contribution in [0.15, 0.2) is 24.3 Å². The minimum absolute atomic E-state index is 0.323. The molecule has 0 amide bonds. The Kier molecular flexibility index (Phi) is 18.1. The molecule has 0 saturated heterocycles. The number of hydrogen-bond acceptors (Lipinski definition) is 1. The molecule has 0 aliphatic rings. The highest BCUT2D eigenvalue weighted by Gasteiger charge is 1.95. The number of carbonyl (C=O) groups is 1. The minimum Gasteiger partial charge on any atom is -0.481 e. The zero-order chi connectivity index (χ0) is 17.0. The summed E-state index contributed by atoms with van der Waals surface area (Å²) in [5.41, 5.74) is 0. The molecule has 0 rings (SSSR count). The highest BCUT2D eigenvalue weighted by atomic mass is 16.4. The number of carboxylic acid groups (broad SMARTS) is 1. The van der Waals surface area contributed by atoms with Gasteiger partial charge in [-0.15, -0.1) is 0 Å². The Morgan fingerprint density at radius 1 is 0.696 bits per heavy atom. The standard InChI is InChI=1S/C21H38O2/c1-2-3-4-5-6-7-8-9-10-11-12-13-14-15-16-17-18-19-20-21(22)23/h10-13H,2-9,14-20H2,1H3,(H,22,23)/b11-10-,13-12+. The molecule has 0 aromatic rings. The van der Waals surface area contributed by atoms with E-state index in [9.17, 15) is 4.79 Å². The molecule has 0 fully saturated rings. The maximum Gasteiger partial charge on any atom is 0.303 e. The first-order valence-corrected chi connectivity index (χ1v) is 9.80. The number of aliphatic carboxylic acids is 1. The van der Waals surface area contributed by atoms with Crippen molar-refractivity contribution in [3.63, 3.8) is 0 Å². The Morgan fingerprint density at radius 2 is 1.13 bits per heavy atom. The Bertz CT molecular complexity index is 305. The van der Waals surface area contributed by atoms with Gasteiger partial charge in [-0.25, -0.2) is 0 Å². The maximum atomic E-state index is 10.4. The predicted molar refractivity (Wildman–Crippen MR) is 101 cm³/mol. The van der Waals surface area contributed by atoms with E-state index in [0.29, 0.717) is 6.42 Å². The van der Waals surface area contributed by atoms with Crippen LogP contribution in [0.2, 0.25) is 0 Å². The van der Waals surface area contributed by atoms with Gasteiger partial charge in [0.25, 0.3) is 0 Å². The third kappa shape index (κ3) is 21.0. The van der Waals surface area contributed by atoms with Crippen molar-refractivity contribution in [3.8, 4) is 0 Å². The molecule has 0 heterocycles. The van der Waals surface area contributed by atoms with Crippen LogP contribution < -0.4 is 0 Å². The first-order valence-electron chi connectivity index (χ1n) is 9.80. The van der Waals surface area contributed by atoms with Crippen molar-refractivity contribution >= 4 is 5.97 Å². The second-order valence-electron chi connectivity index (χ2n) is 6.47. The van der Waals surface area contributed by atoms with Gasteiger partial charge in [0.1, 0.15) is 0 Å². The molecule has 0 unspecified atom stereocenters. The lowest BCUT2D eigenvalue weighted by atomic mass is 10.1. The van der Waals surface area contributed by atoms with Crippen molar-refractivity contribution in [2.75, 3.05) is 0 Å². The van der Waals surface area contributed by atoms with Crippen LogP contribution in [-0.4, -0.2) is 11.1 Å². The summed E-state index contributed by atoms with van der Waals surface area (Å²) < 4.78 is 0. The van der Waals surface area contributed by atoms with E-state index >= 15 is 0 Å². The fraction of sp³-hybridized carbons (Fsp3) is 0.762. The molecular formula is C21H38O2. The van der Waals surface area contributed by atoms with E-state index in [2.05, 4.69) is 31.2 Å². The van der Waals surface area contributed by atoms with Crippen molar-refractivity contribution < 1.29 is 9.90 Å². The number of rotatable bonds is 17. The van der Waals surface area contributed by atoms with E-state index in [4.69, 9.17) is 5.11 Å². The quantitative estimate of drug-likeness (QED) is 0.230. The molecule has 2 heteroatoms. The summed E-state index contributed by atoms with van der Waals surface area (Å²) >= 11 is 0. The fourth-order valence-electron chi connectivity index (χ4n) is 2.64. The number of allylic oxidation sites excluding steroid dienone is 4. The molecule has 2 nitrogen and oxygen atoms in total. The predicted octanol–water partition coefficient (Wildman–Crippen LogP) is 7.05. The SMILES string of the molecule is CCCCCCCCC/C=C\C=C\CCCCCCCC(=O)O. The lowest BCUT2D eigenvalue weighted by Crippen LogP contribution is -1.93. The zero-order valence-electron chi connectivity index (χ0n) is 15.3. The van der Waals surface area contributed by atoms with Crippen LogP contribution in [0, 0.1) is 0 Å². The summed E-state index contributed by atoms with van der Waals surface area (Å²) in [6.07, 6.45) is 26.7. The van der Waals surface area contributed by atoms with Crippen molar-refractivity contribution in [3.05, 3.63) is 24.3 Å².